The Morgan fingerprint density at radius 3 is 2.42 bits per heavy atom. The number of hydrogen-bond donors (Lipinski definition) is 3. The molecule has 3 heterocycles. The van der Waals surface area contributed by atoms with E-state index in [1.165, 1.54) is 0 Å². The second-order valence-corrected chi connectivity index (χ2v) is 8.97. The van der Waals surface area contributed by atoms with Gasteiger partial charge in [-0.25, -0.2) is 0 Å². The number of fused-ring (bicyclic) bond motifs is 1. The summed E-state index contributed by atoms with van der Waals surface area (Å²) in [4.78, 5) is 15.6. The maximum atomic E-state index is 12.6. The second kappa shape index (κ2) is 8.10. The van der Waals surface area contributed by atoms with Crippen LogP contribution in [0.1, 0.15) is 19.4 Å². The fraction of sp³-hybridized carbons (Fsp3) is 0.269. The first-order valence-electron chi connectivity index (χ1n) is 11.0. The summed E-state index contributed by atoms with van der Waals surface area (Å²) in [6, 6.07) is 15.1. The Bertz CT molecular complexity index is 1360. The molecule has 0 amide bonds. The lowest BCUT2D eigenvalue weighted by Gasteiger charge is -2.27. The van der Waals surface area contributed by atoms with Crippen LogP contribution in [-0.2, 0) is 12.6 Å². The predicted molar refractivity (Wildman–Crippen MR) is 128 cm³/mol. The van der Waals surface area contributed by atoms with E-state index in [2.05, 4.69) is 10.3 Å². The fourth-order valence-electron chi connectivity index (χ4n) is 3.94. The molecule has 7 heteroatoms. The van der Waals surface area contributed by atoms with Crippen molar-refractivity contribution in [2.75, 3.05) is 13.1 Å². The first-order chi connectivity index (χ1) is 15.8. The SMILES string of the molecule is Cn1cc(-c2cc(C(C)(C)O)ccc2Oc2ccc(OC3CNC3)cc2)c2cc[nH]c2c1=O. The maximum absolute atomic E-state index is 12.6. The molecule has 2 aromatic carbocycles. The van der Waals surface area contributed by atoms with Crippen molar-refractivity contribution < 1.29 is 14.6 Å². The number of aryl methyl sites for hydroxylation is 1. The van der Waals surface area contributed by atoms with Crippen molar-refractivity contribution in [1.29, 1.82) is 0 Å². The number of aromatic amines is 1. The zero-order valence-corrected chi connectivity index (χ0v) is 18.9. The Morgan fingerprint density at radius 2 is 1.76 bits per heavy atom. The third-order valence-corrected chi connectivity index (χ3v) is 5.97. The molecule has 170 valence electrons. The van der Waals surface area contributed by atoms with Crippen LogP contribution in [0.4, 0.5) is 0 Å². The summed E-state index contributed by atoms with van der Waals surface area (Å²) < 4.78 is 13.7. The van der Waals surface area contributed by atoms with Gasteiger partial charge in [0.1, 0.15) is 28.9 Å². The number of nitrogens with zero attached hydrogens (tertiary/aromatic N) is 1. The number of aliphatic hydroxyl groups is 1. The highest BCUT2D eigenvalue weighted by atomic mass is 16.5. The molecule has 7 nitrogen and oxygen atoms in total. The predicted octanol–water partition coefficient (Wildman–Crippen LogP) is 3.90. The van der Waals surface area contributed by atoms with Crippen molar-refractivity contribution in [3.8, 4) is 28.4 Å². The van der Waals surface area contributed by atoms with Crippen molar-refractivity contribution in [3.05, 3.63) is 76.8 Å². The molecule has 0 aliphatic carbocycles. The summed E-state index contributed by atoms with van der Waals surface area (Å²) in [5, 5.41) is 14.6. The van der Waals surface area contributed by atoms with Crippen LogP contribution in [0, 0.1) is 0 Å². The highest BCUT2D eigenvalue weighted by Crippen LogP contribution is 2.39. The number of nitrogens with one attached hydrogen (secondary N) is 2. The molecule has 1 fully saturated rings. The van der Waals surface area contributed by atoms with Gasteiger partial charge in [0.25, 0.3) is 5.56 Å². The van der Waals surface area contributed by atoms with Crippen molar-refractivity contribution >= 4 is 10.9 Å². The molecule has 0 bridgehead atoms. The van der Waals surface area contributed by atoms with Gasteiger partial charge in [-0.3, -0.25) is 4.79 Å². The van der Waals surface area contributed by atoms with Gasteiger partial charge in [0.15, 0.2) is 0 Å². The fourth-order valence-corrected chi connectivity index (χ4v) is 3.94. The van der Waals surface area contributed by atoms with Crippen LogP contribution in [-0.4, -0.2) is 33.9 Å². The molecule has 33 heavy (non-hydrogen) atoms. The minimum atomic E-state index is -1.03. The van der Waals surface area contributed by atoms with E-state index in [-0.39, 0.29) is 11.7 Å². The average molecular weight is 446 g/mol. The summed E-state index contributed by atoms with van der Waals surface area (Å²) in [5.41, 5.74) is 1.78. The van der Waals surface area contributed by atoms with Crippen molar-refractivity contribution in [1.82, 2.24) is 14.9 Å². The summed E-state index contributed by atoms with van der Waals surface area (Å²) in [6.45, 7) is 5.22. The molecule has 0 radical (unpaired) electrons. The molecule has 1 aliphatic heterocycles. The Balaban J connectivity index is 1.56. The van der Waals surface area contributed by atoms with Gasteiger partial charge in [0.2, 0.25) is 0 Å². The van der Waals surface area contributed by atoms with Crippen molar-refractivity contribution in [2.24, 2.45) is 7.05 Å². The zero-order chi connectivity index (χ0) is 23.2. The van der Waals surface area contributed by atoms with Crippen LogP contribution in [0.15, 0.2) is 65.7 Å². The lowest BCUT2D eigenvalue weighted by atomic mass is 9.93. The van der Waals surface area contributed by atoms with Gasteiger partial charge >= 0.3 is 0 Å². The molecule has 3 N–H and O–H groups in total. The topological polar surface area (TPSA) is 88.5 Å². The van der Waals surface area contributed by atoms with Crippen molar-refractivity contribution in [3.63, 3.8) is 0 Å². The molecule has 1 saturated heterocycles. The number of aromatic nitrogens is 2. The number of ether oxygens (including phenoxy) is 2. The van der Waals surface area contributed by atoms with Crippen LogP contribution in [0.5, 0.6) is 17.2 Å². The van der Waals surface area contributed by atoms with Crippen LogP contribution in [0.25, 0.3) is 22.0 Å². The molecule has 0 unspecified atom stereocenters. The molecular weight excluding hydrogens is 418 g/mol. The van der Waals surface area contributed by atoms with Crippen LogP contribution in [0.3, 0.4) is 0 Å². The van der Waals surface area contributed by atoms with Gasteiger partial charge < -0.3 is 29.4 Å². The number of hydrogen-bond acceptors (Lipinski definition) is 5. The number of pyridine rings is 1. The highest BCUT2D eigenvalue weighted by molar-refractivity contribution is 5.96. The third kappa shape index (κ3) is 4.13. The van der Waals surface area contributed by atoms with Gasteiger partial charge in [0.05, 0.1) is 5.60 Å². The molecular formula is C26H27N3O4. The quantitative estimate of drug-likeness (QED) is 0.419. The Kier molecular flexibility index (Phi) is 5.23. The first-order valence-corrected chi connectivity index (χ1v) is 11.0. The van der Waals surface area contributed by atoms with Crippen molar-refractivity contribution in [2.45, 2.75) is 25.6 Å². The third-order valence-electron chi connectivity index (χ3n) is 5.97. The standard InChI is InChI=1S/C26H27N3O4/c1-26(2,31)16-4-9-23(33-18-7-5-17(6-8-18)32-19-13-27-14-19)21(12-16)22-15-29(3)25(30)24-20(22)10-11-28-24/h4-12,15,19,27-28,31H,13-14H2,1-3H3. The Hall–Kier alpha value is -3.55. The molecule has 5 rings (SSSR count). The lowest BCUT2D eigenvalue weighted by molar-refractivity contribution is 0.0786. The van der Waals surface area contributed by atoms with E-state index in [0.29, 0.717) is 17.0 Å². The first kappa shape index (κ1) is 21.3. The lowest BCUT2D eigenvalue weighted by Crippen LogP contribution is -2.50. The summed E-state index contributed by atoms with van der Waals surface area (Å²) in [6.07, 6.45) is 3.77. The second-order valence-electron chi connectivity index (χ2n) is 8.97. The van der Waals surface area contributed by atoms with Gasteiger partial charge in [-0.1, -0.05) is 6.07 Å². The molecule has 0 atom stereocenters. The van der Waals surface area contributed by atoms with E-state index < -0.39 is 5.60 Å². The van der Waals surface area contributed by atoms with E-state index in [4.69, 9.17) is 9.47 Å². The minimum Gasteiger partial charge on any atom is -0.488 e. The van der Waals surface area contributed by atoms with E-state index >= 15 is 0 Å². The largest absolute Gasteiger partial charge is 0.488 e. The van der Waals surface area contributed by atoms with Crippen LogP contribution < -0.4 is 20.3 Å². The van der Waals surface area contributed by atoms with Crippen LogP contribution in [0.2, 0.25) is 0 Å². The minimum absolute atomic E-state index is 0.0999. The molecule has 4 aromatic rings. The maximum Gasteiger partial charge on any atom is 0.274 e. The Morgan fingerprint density at radius 1 is 1.03 bits per heavy atom. The number of benzene rings is 2. The normalized spacial score (nSPS) is 14.3. The number of rotatable bonds is 6. The van der Waals surface area contributed by atoms with E-state index in [1.54, 1.807) is 37.9 Å². The van der Waals surface area contributed by atoms with E-state index in [0.717, 1.165) is 40.9 Å². The summed E-state index contributed by atoms with van der Waals surface area (Å²) in [5.74, 6) is 2.10. The molecule has 2 aromatic heterocycles. The molecule has 0 spiro atoms. The van der Waals surface area contributed by atoms with Gasteiger partial charge in [0, 0.05) is 49.0 Å². The monoisotopic (exact) mass is 445 g/mol. The summed E-state index contributed by atoms with van der Waals surface area (Å²) in [7, 11) is 1.73. The zero-order valence-electron chi connectivity index (χ0n) is 18.9. The smallest absolute Gasteiger partial charge is 0.274 e. The molecule has 1 aliphatic rings. The van der Waals surface area contributed by atoms with Gasteiger partial charge in [-0.05, 0) is 61.9 Å². The Labute approximate surface area is 191 Å². The van der Waals surface area contributed by atoms with E-state index in [1.807, 2.05) is 48.5 Å². The molecule has 0 saturated carbocycles. The van der Waals surface area contributed by atoms with Gasteiger partial charge in [-0.2, -0.15) is 0 Å². The summed E-state index contributed by atoms with van der Waals surface area (Å²) >= 11 is 0. The average Bonchev–Trinajstić information content (AvgIpc) is 3.24. The number of H-pyrrole nitrogens is 1. The van der Waals surface area contributed by atoms with Gasteiger partial charge in [-0.15, -0.1) is 0 Å². The van der Waals surface area contributed by atoms with Crippen LogP contribution >= 0.6 is 0 Å². The highest BCUT2D eigenvalue weighted by Gasteiger charge is 2.21. The van der Waals surface area contributed by atoms with E-state index in [9.17, 15) is 9.90 Å².